The minimum atomic E-state index is -0.0435. The van der Waals surface area contributed by atoms with E-state index in [0.717, 1.165) is 11.5 Å². The Bertz CT molecular complexity index is 346. The largest absolute Gasteiger partial charge is 0.300 e. The van der Waals surface area contributed by atoms with Crippen LogP contribution in [0, 0.1) is 0 Å². The summed E-state index contributed by atoms with van der Waals surface area (Å²) in [5, 5.41) is 0. The van der Waals surface area contributed by atoms with Crippen LogP contribution < -0.4 is 0 Å². The van der Waals surface area contributed by atoms with Gasteiger partial charge in [-0.25, -0.2) is 0 Å². The molecular weight excluding hydrogens is 220 g/mol. The molecule has 0 aromatic heterocycles. The molecule has 0 saturated carbocycles. The summed E-state index contributed by atoms with van der Waals surface area (Å²) < 4.78 is 0. The van der Waals surface area contributed by atoms with E-state index in [1.54, 1.807) is 11.8 Å². The van der Waals surface area contributed by atoms with Crippen molar-refractivity contribution in [1.29, 1.82) is 0 Å². The molecule has 0 fully saturated rings. The van der Waals surface area contributed by atoms with Gasteiger partial charge in [-0.05, 0) is 12.5 Å². The second kappa shape index (κ2) is 7.23. The molecule has 0 spiro atoms. The predicted molar refractivity (Wildman–Crippen MR) is 67.5 cm³/mol. The summed E-state index contributed by atoms with van der Waals surface area (Å²) in [5.41, 5.74) is 1.27. The van der Waals surface area contributed by atoms with Crippen molar-refractivity contribution in [3.8, 4) is 0 Å². The first-order valence-corrected chi connectivity index (χ1v) is 6.47. The number of benzene rings is 1. The summed E-state index contributed by atoms with van der Waals surface area (Å²) in [6.07, 6.45) is 0.586. The number of rotatable bonds is 7. The van der Waals surface area contributed by atoms with Crippen LogP contribution in [-0.4, -0.2) is 17.3 Å². The standard InChI is InChI=1S/C13H16O2S/c1-11(14)9-13(15)7-8-16-10-12-5-3-2-4-6-12/h2-6H,7-10H2,1H3. The minimum Gasteiger partial charge on any atom is -0.300 e. The van der Waals surface area contributed by atoms with Gasteiger partial charge in [0, 0.05) is 17.9 Å². The fourth-order valence-corrected chi connectivity index (χ4v) is 2.26. The lowest BCUT2D eigenvalue weighted by molar-refractivity contribution is -0.125. The van der Waals surface area contributed by atoms with Gasteiger partial charge in [0.1, 0.15) is 11.6 Å². The minimum absolute atomic E-state index is 0.0435. The van der Waals surface area contributed by atoms with Crippen molar-refractivity contribution in [2.24, 2.45) is 0 Å². The van der Waals surface area contributed by atoms with E-state index in [1.807, 2.05) is 18.2 Å². The summed E-state index contributed by atoms with van der Waals surface area (Å²) in [6.45, 7) is 1.45. The molecule has 1 aromatic carbocycles. The van der Waals surface area contributed by atoms with E-state index >= 15 is 0 Å². The number of hydrogen-bond acceptors (Lipinski definition) is 3. The summed E-state index contributed by atoms with van der Waals surface area (Å²) in [4.78, 5) is 21.9. The number of Topliss-reactive ketones (excluding diaryl/α,β-unsaturated/α-hetero) is 2. The fourth-order valence-electron chi connectivity index (χ4n) is 1.32. The Balaban J connectivity index is 2.13. The third kappa shape index (κ3) is 5.71. The van der Waals surface area contributed by atoms with Gasteiger partial charge in [-0.3, -0.25) is 9.59 Å². The zero-order chi connectivity index (χ0) is 11.8. The van der Waals surface area contributed by atoms with E-state index in [0.29, 0.717) is 6.42 Å². The van der Waals surface area contributed by atoms with Crippen LogP contribution in [-0.2, 0) is 15.3 Å². The van der Waals surface area contributed by atoms with Crippen molar-refractivity contribution in [3.63, 3.8) is 0 Å². The van der Waals surface area contributed by atoms with E-state index in [1.165, 1.54) is 12.5 Å². The molecule has 2 nitrogen and oxygen atoms in total. The first kappa shape index (κ1) is 13.0. The SMILES string of the molecule is CC(=O)CC(=O)CCSCc1ccccc1. The number of carbonyl (C=O) groups excluding carboxylic acids is 2. The average Bonchev–Trinajstić information content (AvgIpc) is 2.25. The number of hydrogen-bond donors (Lipinski definition) is 0. The Kier molecular flexibility index (Phi) is 5.86. The smallest absolute Gasteiger partial charge is 0.141 e. The van der Waals surface area contributed by atoms with Gasteiger partial charge < -0.3 is 0 Å². The average molecular weight is 236 g/mol. The van der Waals surface area contributed by atoms with Crippen LogP contribution in [0.5, 0.6) is 0 Å². The van der Waals surface area contributed by atoms with E-state index in [9.17, 15) is 9.59 Å². The van der Waals surface area contributed by atoms with Crippen molar-refractivity contribution in [2.75, 3.05) is 5.75 Å². The Morgan fingerprint density at radius 3 is 2.50 bits per heavy atom. The van der Waals surface area contributed by atoms with E-state index in [2.05, 4.69) is 12.1 Å². The molecule has 0 radical (unpaired) electrons. The maximum Gasteiger partial charge on any atom is 0.141 e. The van der Waals surface area contributed by atoms with Crippen molar-refractivity contribution >= 4 is 23.3 Å². The normalized spacial score (nSPS) is 10.1. The molecule has 0 bridgehead atoms. The Morgan fingerprint density at radius 1 is 1.19 bits per heavy atom. The molecule has 0 N–H and O–H groups in total. The number of ketones is 2. The van der Waals surface area contributed by atoms with Gasteiger partial charge in [-0.1, -0.05) is 30.3 Å². The molecule has 0 atom stereocenters. The van der Waals surface area contributed by atoms with Crippen LogP contribution in [0.15, 0.2) is 30.3 Å². The van der Waals surface area contributed by atoms with Gasteiger partial charge in [0.15, 0.2) is 0 Å². The monoisotopic (exact) mass is 236 g/mol. The lowest BCUT2D eigenvalue weighted by Crippen LogP contribution is -2.05. The number of carbonyl (C=O) groups is 2. The summed E-state index contributed by atoms with van der Waals surface area (Å²) >= 11 is 1.73. The van der Waals surface area contributed by atoms with Crippen molar-refractivity contribution < 1.29 is 9.59 Å². The molecular formula is C13H16O2S. The van der Waals surface area contributed by atoms with Gasteiger partial charge in [0.2, 0.25) is 0 Å². The maximum absolute atomic E-state index is 11.2. The topological polar surface area (TPSA) is 34.1 Å². The molecule has 86 valence electrons. The highest BCUT2D eigenvalue weighted by molar-refractivity contribution is 7.98. The molecule has 0 saturated heterocycles. The first-order valence-electron chi connectivity index (χ1n) is 5.31. The molecule has 1 aromatic rings. The van der Waals surface area contributed by atoms with Crippen LogP contribution in [0.1, 0.15) is 25.3 Å². The third-order valence-electron chi connectivity index (χ3n) is 2.08. The van der Waals surface area contributed by atoms with E-state index in [4.69, 9.17) is 0 Å². The Labute approximate surface area is 100 Å². The zero-order valence-electron chi connectivity index (χ0n) is 9.44. The van der Waals surface area contributed by atoms with Crippen LogP contribution >= 0.6 is 11.8 Å². The Morgan fingerprint density at radius 2 is 1.88 bits per heavy atom. The predicted octanol–water partition coefficient (Wildman–Crippen LogP) is 2.86. The molecule has 0 unspecified atom stereocenters. The summed E-state index contributed by atoms with van der Waals surface area (Å²) in [6, 6.07) is 10.2. The molecule has 0 aliphatic rings. The second-order valence-electron chi connectivity index (χ2n) is 3.71. The molecule has 0 amide bonds. The molecule has 0 aliphatic carbocycles. The highest BCUT2D eigenvalue weighted by Gasteiger charge is 2.04. The maximum atomic E-state index is 11.2. The van der Waals surface area contributed by atoms with E-state index < -0.39 is 0 Å². The van der Waals surface area contributed by atoms with E-state index in [-0.39, 0.29) is 18.0 Å². The molecule has 3 heteroatoms. The van der Waals surface area contributed by atoms with Gasteiger partial charge >= 0.3 is 0 Å². The molecule has 0 heterocycles. The second-order valence-corrected chi connectivity index (χ2v) is 4.81. The fraction of sp³-hybridized carbons (Fsp3) is 0.385. The van der Waals surface area contributed by atoms with Crippen molar-refractivity contribution in [3.05, 3.63) is 35.9 Å². The first-order chi connectivity index (χ1) is 7.68. The lowest BCUT2D eigenvalue weighted by atomic mass is 10.2. The van der Waals surface area contributed by atoms with Crippen LogP contribution in [0.4, 0.5) is 0 Å². The Hall–Kier alpha value is -1.09. The van der Waals surface area contributed by atoms with Crippen molar-refractivity contribution in [2.45, 2.75) is 25.5 Å². The highest BCUT2D eigenvalue weighted by atomic mass is 32.2. The van der Waals surface area contributed by atoms with Gasteiger partial charge in [-0.2, -0.15) is 11.8 Å². The molecule has 16 heavy (non-hydrogen) atoms. The van der Waals surface area contributed by atoms with Crippen LogP contribution in [0.2, 0.25) is 0 Å². The third-order valence-corrected chi connectivity index (χ3v) is 3.11. The van der Waals surface area contributed by atoms with Gasteiger partial charge in [0.25, 0.3) is 0 Å². The van der Waals surface area contributed by atoms with Gasteiger partial charge in [0.05, 0.1) is 6.42 Å². The summed E-state index contributed by atoms with van der Waals surface area (Å²) in [5.74, 6) is 1.72. The lowest BCUT2D eigenvalue weighted by Gasteiger charge is -2.01. The van der Waals surface area contributed by atoms with Gasteiger partial charge in [-0.15, -0.1) is 0 Å². The summed E-state index contributed by atoms with van der Waals surface area (Å²) in [7, 11) is 0. The van der Waals surface area contributed by atoms with Crippen molar-refractivity contribution in [1.82, 2.24) is 0 Å². The number of thioether (sulfide) groups is 1. The van der Waals surface area contributed by atoms with Crippen LogP contribution in [0.25, 0.3) is 0 Å². The molecule has 1 rings (SSSR count). The highest BCUT2D eigenvalue weighted by Crippen LogP contribution is 2.13. The zero-order valence-corrected chi connectivity index (χ0v) is 10.3. The quantitative estimate of drug-likeness (QED) is 0.539. The molecule has 0 aliphatic heterocycles. The van der Waals surface area contributed by atoms with Crippen LogP contribution in [0.3, 0.4) is 0 Å².